The third-order valence-electron chi connectivity index (χ3n) is 3.16. The smallest absolute Gasteiger partial charge is 0.256 e. The molecular weight excluding hydrogens is 332 g/mol. The van der Waals surface area contributed by atoms with Gasteiger partial charge in [-0.25, -0.2) is 0 Å². The van der Waals surface area contributed by atoms with Crippen LogP contribution in [0.3, 0.4) is 0 Å². The molecule has 2 aromatic rings. The van der Waals surface area contributed by atoms with Crippen LogP contribution in [-0.2, 0) is 17.9 Å². The minimum absolute atomic E-state index is 0.0559. The van der Waals surface area contributed by atoms with Crippen molar-refractivity contribution < 1.29 is 9.84 Å². The van der Waals surface area contributed by atoms with E-state index in [1.165, 1.54) is 11.8 Å². The van der Waals surface area contributed by atoms with E-state index in [2.05, 4.69) is 4.98 Å². The van der Waals surface area contributed by atoms with Crippen molar-refractivity contribution in [1.29, 1.82) is 0 Å². The van der Waals surface area contributed by atoms with Gasteiger partial charge in [-0.1, -0.05) is 43.3 Å². The van der Waals surface area contributed by atoms with Crippen LogP contribution >= 0.6 is 24.0 Å². The third kappa shape index (κ3) is 4.78. The molecule has 0 aliphatic rings. The highest BCUT2D eigenvalue weighted by Gasteiger charge is 2.14. The summed E-state index contributed by atoms with van der Waals surface area (Å²) >= 11 is 6.79. The summed E-state index contributed by atoms with van der Waals surface area (Å²) in [7, 11) is 0. The lowest BCUT2D eigenvalue weighted by Crippen LogP contribution is -2.22. The van der Waals surface area contributed by atoms with Gasteiger partial charge < -0.3 is 9.84 Å². The molecular formula is C16H20N2O3S2. The van der Waals surface area contributed by atoms with Crippen LogP contribution in [0.5, 0.6) is 0 Å². The van der Waals surface area contributed by atoms with Gasteiger partial charge in [0.05, 0.1) is 18.2 Å². The maximum Gasteiger partial charge on any atom is 0.256 e. The van der Waals surface area contributed by atoms with Crippen LogP contribution in [0.25, 0.3) is 0 Å². The highest BCUT2D eigenvalue weighted by molar-refractivity contribution is 7.99. The second kappa shape index (κ2) is 9.02. The Labute approximate surface area is 144 Å². The van der Waals surface area contributed by atoms with Crippen LogP contribution in [0.2, 0.25) is 0 Å². The SMILES string of the molecule is CCCc1c(Sc2ccccc2)n(COCCO)c(=S)[nH]c1=O. The van der Waals surface area contributed by atoms with E-state index < -0.39 is 0 Å². The van der Waals surface area contributed by atoms with Crippen LogP contribution in [0.4, 0.5) is 0 Å². The number of H-pyrrole nitrogens is 1. The van der Waals surface area contributed by atoms with Crippen LogP contribution < -0.4 is 5.56 Å². The average Bonchev–Trinajstić information content (AvgIpc) is 2.55. The third-order valence-corrected chi connectivity index (χ3v) is 4.65. The molecule has 0 spiro atoms. The highest BCUT2D eigenvalue weighted by atomic mass is 32.2. The van der Waals surface area contributed by atoms with Gasteiger partial charge in [0.25, 0.3) is 5.56 Å². The molecule has 0 amide bonds. The fraction of sp³-hybridized carbons (Fsp3) is 0.375. The van der Waals surface area contributed by atoms with E-state index in [-0.39, 0.29) is 25.5 Å². The van der Waals surface area contributed by atoms with E-state index in [9.17, 15) is 4.79 Å². The Hall–Kier alpha value is -1.41. The van der Waals surface area contributed by atoms with Gasteiger partial charge >= 0.3 is 0 Å². The summed E-state index contributed by atoms with van der Waals surface area (Å²) in [6.07, 6.45) is 1.53. The van der Waals surface area contributed by atoms with Gasteiger partial charge in [0.2, 0.25) is 0 Å². The molecule has 2 N–H and O–H groups in total. The van der Waals surface area contributed by atoms with Gasteiger partial charge in [0.15, 0.2) is 4.77 Å². The zero-order valence-electron chi connectivity index (χ0n) is 12.9. The predicted octanol–water partition coefficient (Wildman–Crippen LogP) is 2.98. The van der Waals surface area contributed by atoms with Crippen LogP contribution in [0, 0.1) is 4.77 Å². The van der Waals surface area contributed by atoms with Crippen molar-refractivity contribution >= 4 is 24.0 Å². The quantitative estimate of drug-likeness (QED) is 0.434. The number of hydrogen-bond donors (Lipinski definition) is 2. The molecule has 0 atom stereocenters. The summed E-state index contributed by atoms with van der Waals surface area (Å²) in [5, 5.41) is 9.67. The van der Waals surface area contributed by atoms with E-state index >= 15 is 0 Å². The van der Waals surface area contributed by atoms with Crippen molar-refractivity contribution in [2.24, 2.45) is 0 Å². The number of rotatable bonds is 8. The molecule has 7 heteroatoms. The first-order chi connectivity index (χ1) is 11.2. The highest BCUT2D eigenvalue weighted by Crippen LogP contribution is 2.29. The van der Waals surface area contributed by atoms with Crippen molar-refractivity contribution in [3.8, 4) is 0 Å². The number of hydrogen-bond acceptors (Lipinski definition) is 5. The Morgan fingerprint density at radius 3 is 2.74 bits per heavy atom. The number of aromatic nitrogens is 2. The molecule has 23 heavy (non-hydrogen) atoms. The summed E-state index contributed by atoms with van der Waals surface area (Å²) in [6, 6.07) is 9.84. The number of aliphatic hydroxyl groups is 1. The van der Waals surface area contributed by atoms with Crippen LogP contribution in [-0.4, -0.2) is 27.9 Å². The van der Waals surface area contributed by atoms with Gasteiger partial charge in [-0.05, 0) is 30.8 Å². The Kier molecular flexibility index (Phi) is 7.04. The molecule has 0 saturated carbocycles. The zero-order chi connectivity index (χ0) is 16.7. The normalized spacial score (nSPS) is 10.9. The minimum Gasteiger partial charge on any atom is -0.394 e. The monoisotopic (exact) mass is 352 g/mol. The minimum atomic E-state index is -0.145. The van der Waals surface area contributed by atoms with Crippen LogP contribution in [0.1, 0.15) is 18.9 Å². The van der Waals surface area contributed by atoms with Gasteiger partial charge in [-0.3, -0.25) is 14.3 Å². The first-order valence-corrected chi connectivity index (χ1v) is 8.67. The lowest BCUT2D eigenvalue weighted by molar-refractivity contribution is 0.0421. The van der Waals surface area contributed by atoms with Gasteiger partial charge in [0.1, 0.15) is 6.73 Å². The van der Waals surface area contributed by atoms with Crippen molar-refractivity contribution in [2.75, 3.05) is 13.2 Å². The number of aromatic amines is 1. The van der Waals surface area contributed by atoms with Crippen molar-refractivity contribution in [2.45, 2.75) is 36.4 Å². The lowest BCUT2D eigenvalue weighted by Gasteiger charge is -2.16. The molecule has 0 aliphatic carbocycles. The first kappa shape index (κ1) is 17.9. The molecule has 0 aliphatic heterocycles. The van der Waals surface area contributed by atoms with Gasteiger partial charge in [-0.2, -0.15) is 0 Å². The van der Waals surface area contributed by atoms with E-state index in [1.807, 2.05) is 37.3 Å². The van der Waals surface area contributed by atoms with Crippen LogP contribution in [0.15, 0.2) is 45.0 Å². The number of ether oxygens (including phenoxy) is 1. The molecule has 0 bridgehead atoms. The fourth-order valence-corrected chi connectivity index (χ4v) is 3.50. The summed E-state index contributed by atoms with van der Waals surface area (Å²) in [4.78, 5) is 16.0. The predicted molar refractivity (Wildman–Crippen MR) is 93.5 cm³/mol. The molecule has 1 aromatic carbocycles. The Balaban J connectivity index is 2.48. The summed E-state index contributed by atoms with van der Waals surface area (Å²) in [5.74, 6) is 0. The van der Waals surface area contributed by atoms with E-state index in [4.69, 9.17) is 22.1 Å². The van der Waals surface area contributed by atoms with Crippen molar-refractivity contribution in [1.82, 2.24) is 9.55 Å². The number of benzene rings is 1. The number of nitrogens with zero attached hydrogens (tertiary/aromatic N) is 1. The summed E-state index contributed by atoms with van der Waals surface area (Å²) < 4.78 is 7.51. The Morgan fingerprint density at radius 1 is 1.35 bits per heavy atom. The van der Waals surface area contributed by atoms with E-state index in [0.717, 1.165) is 16.3 Å². The fourth-order valence-electron chi connectivity index (χ4n) is 2.12. The second-order valence-corrected chi connectivity index (χ2v) is 6.35. The molecule has 0 unspecified atom stereocenters. The van der Waals surface area contributed by atoms with Gasteiger partial charge in [0, 0.05) is 10.5 Å². The molecule has 5 nitrogen and oxygen atoms in total. The summed E-state index contributed by atoms with van der Waals surface area (Å²) in [6.45, 7) is 2.39. The summed E-state index contributed by atoms with van der Waals surface area (Å²) in [5.41, 5.74) is 0.566. The Bertz CT molecular complexity index is 741. The molecule has 124 valence electrons. The average molecular weight is 352 g/mol. The Morgan fingerprint density at radius 2 is 2.09 bits per heavy atom. The molecule has 1 aromatic heterocycles. The molecule has 0 saturated heterocycles. The molecule has 0 radical (unpaired) electrons. The molecule has 2 rings (SSSR count). The van der Waals surface area contributed by atoms with E-state index in [0.29, 0.717) is 16.8 Å². The largest absolute Gasteiger partial charge is 0.394 e. The number of nitrogens with one attached hydrogen (secondary N) is 1. The maximum atomic E-state index is 12.3. The van der Waals surface area contributed by atoms with E-state index in [1.54, 1.807) is 4.57 Å². The maximum absolute atomic E-state index is 12.3. The number of aliphatic hydroxyl groups excluding tert-OH is 1. The van der Waals surface area contributed by atoms with Crippen molar-refractivity contribution in [3.05, 3.63) is 51.0 Å². The topological polar surface area (TPSA) is 67.2 Å². The zero-order valence-corrected chi connectivity index (χ0v) is 14.6. The second-order valence-electron chi connectivity index (χ2n) is 4.90. The standard InChI is InChI=1S/C16H20N2O3S2/c1-2-6-13-14(20)17-16(22)18(11-21-10-9-19)15(13)23-12-7-4-3-5-8-12/h3-5,7-8,19H,2,6,9-11H2,1H3,(H,17,20,22). The molecule has 1 heterocycles. The van der Waals surface area contributed by atoms with Gasteiger partial charge in [-0.15, -0.1) is 0 Å². The first-order valence-electron chi connectivity index (χ1n) is 7.44. The van der Waals surface area contributed by atoms with Crippen molar-refractivity contribution in [3.63, 3.8) is 0 Å². The molecule has 0 fully saturated rings. The lowest BCUT2D eigenvalue weighted by atomic mass is 10.2.